The maximum absolute atomic E-state index is 14.1. The smallest absolute Gasteiger partial charge is 0.279 e. The molecular formula is C24H25N3O2. The molecule has 2 unspecified atom stereocenters. The normalized spacial score (nSPS) is 28.7. The van der Waals surface area contributed by atoms with E-state index < -0.39 is 5.66 Å². The summed E-state index contributed by atoms with van der Waals surface area (Å²) in [5, 5.41) is 6.51. The van der Waals surface area contributed by atoms with Crippen molar-refractivity contribution in [2.24, 2.45) is 0 Å². The molecule has 0 radical (unpaired) electrons. The molecule has 2 spiro atoms. The molecule has 1 aliphatic carbocycles. The number of anilines is 2. The van der Waals surface area contributed by atoms with Crippen molar-refractivity contribution in [2.75, 3.05) is 10.2 Å². The molecule has 2 atom stereocenters. The van der Waals surface area contributed by atoms with Crippen molar-refractivity contribution in [3.8, 4) is 0 Å². The molecule has 0 saturated heterocycles. The summed E-state index contributed by atoms with van der Waals surface area (Å²) < 4.78 is 0. The van der Waals surface area contributed by atoms with Gasteiger partial charge in [-0.15, -0.1) is 0 Å². The zero-order chi connectivity index (χ0) is 19.8. The van der Waals surface area contributed by atoms with Gasteiger partial charge in [-0.3, -0.25) is 9.59 Å². The quantitative estimate of drug-likeness (QED) is 0.710. The van der Waals surface area contributed by atoms with Crippen molar-refractivity contribution in [3.63, 3.8) is 0 Å². The van der Waals surface area contributed by atoms with Gasteiger partial charge in [-0.1, -0.05) is 56.5 Å². The lowest BCUT2D eigenvalue weighted by atomic mass is 9.70. The second-order valence-electron chi connectivity index (χ2n) is 9.15. The van der Waals surface area contributed by atoms with E-state index in [2.05, 4.69) is 28.5 Å². The van der Waals surface area contributed by atoms with Crippen LogP contribution in [0.1, 0.15) is 72.9 Å². The van der Waals surface area contributed by atoms with Crippen molar-refractivity contribution >= 4 is 23.2 Å². The highest BCUT2D eigenvalue weighted by Crippen LogP contribution is 2.57. The monoisotopic (exact) mass is 387 g/mol. The van der Waals surface area contributed by atoms with E-state index in [1.165, 1.54) is 12.0 Å². The van der Waals surface area contributed by atoms with Crippen LogP contribution in [0.15, 0.2) is 42.5 Å². The van der Waals surface area contributed by atoms with Crippen LogP contribution in [0, 0.1) is 0 Å². The average Bonchev–Trinajstić information content (AvgIpc) is 2.96. The van der Waals surface area contributed by atoms with Crippen molar-refractivity contribution in [1.29, 1.82) is 0 Å². The summed E-state index contributed by atoms with van der Waals surface area (Å²) in [5.74, 6) is 0.168. The molecule has 148 valence electrons. The predicted octanol–water partition coefficient (Wildman–Crippen LogP) is 4.25. The molecule has 0 aromatic heterocycles. The van der Waals surface area contributed by atoms with Crippen LogP contribution < -0.4 is 15.5 Å². The van der Waals surface area contributed by atoms with E-state index in [-0.39, 0.29) is 17.4 Å². The average molecular weight is 387 g/mol. The van der Waals surface area contributed by atoms with Crippen molar-refractivity contribution < 1.29 is 9.59 Å². The first-order valence-corrected chi connectivity index (χ1v) is 10.7. The van der Waals surface area contributed by atoms with E-state index in [0.717, 1.165) is 43.4 Å². The van der Waals surface area contributed by atoms with E-state index in [4.69, 9.17) is 0 Å². The van der Waals surface area contributed by atoms with E-state index in [1.807, 2.05) is 30.3 Å². The zero-order valence-corrected chi connectivity index (χ0v) is 16.6. The van der Waals surface area contributed by atoms with Crippen LogP contribution in [0.3, 0.4) is 0 Å². The minimum absolute atomic E-state index is 0.0309. The summed E-state index contributed by atoms with van der Waals surface area (Å²) >= 11 is 0. The van der Waals surface area contributed by atoms with Crippen LogP contribution in [-0.4, -0.2) is 17.4 Å². The summed E-state index contributed by atoms with van der Waals surface area (Å²) in [6.07, 6.45) is 6.62. The van der Waals surface area contributed by atoms with Gasteiger partial charge in [-0.25, -0.2) is 0 Å². The van der Waals surface area contributed by atoms with E-state index in [9.17, 15) is 9.59 Å². The lowest BCUT2D eigenvalue weighted by molar-refractivity contribution is -0.124. The van der Waals surface area contributed by atoms with Crippen LogP contribution in [-0.2, 0) is 10.5 Å². The first-order valence-electron chi connectivity index (χ1n) is 10.7. The summed E-state index contributed by atoms with van der Waals surface area (Å²) in [5.41, 5.74) is 3.09. The summed E-state index contributed by atoms with van der Waals surface area (Å²) in [7, 11) is 0. The molecule has 2 amide bonds. The molecule has 1 fully saturated rings. The first-order chi connectivity index (χ1) is 14.1. The Morgan fingerprint density at radius 1 is 0.966 bits per heavy atom. The standard InChI is InChI=1S/C24H25N3O2/c1-15-14-23(12-5-2-6-13-23)27-20-16(15)9-7-10-18(20)24(22(27)29)25-19-11-4-3-8-17(19)21(28)26-24/h3-4,7-11,15,25H,2,5-6,12-14H2,1H3,(H,26,28). The zero-order valence-electron chi connectivity index (χ0n) is 16.6. The number of carbonyl (C=O) groups is 2. The van der Waals surface area contributed by atoms with Gasteiger partial charge in [0, 0.05) is 16.8 Å². The Morgan fingerprint density at radius 2 is 1.76 bits per heavy atom. The third kappa shape index (κ3) is 2.05. The Kier molecular flexibility index (Phi) is 3.31. The minimum atomic E-state index is -1.22. The maximum atomic E-state index is 14.1. The molecule has 2 N–H and O–H groups in total. The van der Waals surface area contributed by atoms with Crippen LogP contribution >= 0.6 is 0 Å². The Hall–Kier alpha value is -2.82. The van der Waals surface area contributed by atoms with Crippen LogP contribution in [0.5, 0.6) is 0 Å². The molecule has 2 aromatic carbocycles. The minimum Gasteiger partial charge on any atom is -0.350 e. The number of hydrogen-bond acceptors (Lipinski definition) is 3. The Bertz CT molecular complexity index is 1060. The number of nitrogens with zero attached hydrogens (tertiary/aromatic N) is 1. The van der Waals surface area contributed by atoms with Gasteiger partial charge in [0.25, 0.3) is 11.8 Å². The third-order valence-electron chi connectivity index (χ3n) is 7.49. The van der Waals surface area contributed by atoms with Crippen LogP contribution in [0.4, 0.5) is 11.4 Å². The fourth-order valence-electron chi connectivity index (χ4n) is 6.26. The maximum Gasteiger partial charge on any atom is 0.279 e. The lowest BCUT2D eigenvalue weighted by Crippen LogP contribution is -2.64. The number of para-hydroxylation sites is 2. The fourth-order valence-corrected chi connectivity index (χ4v) is 6.26. The van der Waals surface area contributed by atoms with Gasteiger partial charge in [0.05, 0.1) is 11.3 Å². The van der Waals surface area contributed by atoms with Gasteiger partial charge in [0.15, 0.2) is 0 Å². The van der Waals surface area contributed by atoms with Crippen molar-refractivity contribution in [1.82, 2.24) is 5.32 Å². The van der Waals surface area contributed by atoms with Gasteiger partial charge in [-0.2, -0.15) is 0 Å². The van der Waals surface area contributed by atoms with Gasteiger partial charge < -0.3 is 15.5 Å². The molecule has 3 aliphatic heterocycles. The van der Waals surface area contributed by atoms with Gasteiger partial charge in [-0.05, 0) is 42.9 Å². The number of benzene rings is 2. The molecule has 5 heteroatoms. The molecule has 5 nitrogen and oxygen atoms in total. The second-order valence-corrected chi connectivity index (χ2v) is 9.15. The number of carbonyl (C=O) groups excluding carboxylic acids is 2. The predicted molar refractivity (Wildman–Crippen MR) is 112 cm³/mol. The highest BCUT2D eigenvalue weighted by molar-refractivity contribution is 6.16. The Labute approximate surface area is 170 Å². The first kappa shape index (κ1) is 17.1. The third-order valence-corrected chi connectivity index (χ3v) is 7.49. The molecule has 4 aliphatic rings. The number of nitrogens with one attached hydrogen (secondary N) is 2. The molecule has 3 heterocycles. The van der Waals surface area contributed by atoms with Crippen LogP contribution in [0.25, 0.3) is 0 Å². The summed E-state index contributed by atoms with van der Waals surface area (Å²) in [6.45, 7) is 2.28. The SMILES string of the molecule is CC1CC2(CCCCC2)N2C(=O)C3(NC(=O)c4ccccc4N3)c3cccc1c32. The van der Waals surface area contributed by atoms with Crippen LogP contribution in [0.2, 0.25) is 0 Å². The molecule has 2 aromatic rings. The van der Waals surface area contributed by atoms with Gasteiger partial charge >= 0.3 is 0 Å². The molecular weight excluding hydrogens is 362 g/mol. The van der Waals surface area contributed by atoms with Crippen molar-refractivity contribution in [3.05, 3.63) is 59.2 Å². The number of hydrogen-bond donors (Lipinski definition) is 2. The second kappa shape index (κ2) is 5.62. The van der Waals surface area contributed by atoms with E-state index >= 15 is 0 Å². The lowest BCUT2D eigenvalue weighted by Gasteiger charge is -2.50. The molecule has 1 saturated carbocycles. The topological polar surface area (TPSA) is 61.4 Å². The van der Waals surface area contributed by atoms with Gasteiger partial charge in [0.1, 0.15) is 0 Å². The highest BCUT2D eigenvalue weighted by atomic mass is 16.2. The Morgan fingerprint density at radius 3 is 2.59 bits per heavy atom. The number of rotatable bonds is 0. The van der Waals surface area contributed by atoms with Crippen molar-refractivity contribution in [2.45, 2.75) is 62.6 Å². The highest BCUT2D eigenvalue weighted by Gasteiger charge is 2.61. The summed E-state index contributed by atoms with van der Waals surface area (Å²) in [4.78, 5) is 29.2. The van der Waals surface area contributed by atoms with E-state index in [0.29, 0.717) is 17.2 Å². The number of fused-ring (bicyclic) bond motifs is 3. The van der Waals surface area contributed by atoms with E-state index in [1.54, 1.807) is 6.07 Å². The fraction of sp³-hybridized carbons (Fsp3) is 0.417. The molecule has 29 heavy (non-hydrogen) atoms. The number of amides is 2. The largest absolute Gasteiger partial charge is 0.350 e. The molecule has 6 rings (SSSR count). The molecule has 0 bridgehead atoms. The summed E-state index contributed by atoms with van der Waals surface area (Å²) in [6, 6.07) is 13.6. The van der Waals surface area contributed by atoms with Gasteiger partial charge in [0.2, 0.25) is 5.66 Å². The Balaban J connectivity index is 1.58.